The Labute approximate surface area is 125 Å². The molecule has 3 nitrogen and oxygen atoms in total. The van der Waals surface area contributed by atoms with Crippen molar-refractivity contribution < 1.29 is 0 Å². The first kappa shape index (κ1) is 15.0. The van der Waals surface area contributed by atoms with E-state index in [4.69, 9.17) is 0 Å². The molecule has 0 aliphatic carbocycles. The van der Waals surface area contributed by atoms with Crippen LogP contribution in [0.3, 0.4) is 0 Å². The molecule has 1 aliphatic heterocycles. The maximum absolute atomic E-state index is 3.12. The Morgan fingerprint density at radius 2 is 1.79 bits per heavy atom. The maximum atomic E-state index is 3.12. The number of benzene rings is 1. The van der Waals surface area contributed by atoms with Crippen LogP contribution >= 0.6 is 23.9 Å². The highest BCUT2D eigenvalue weighted by Gasteiger charge is 2.16. The zero-order valence-corrected chi connectivity index (χ0v) is 13.2. The zero-order chi connectivity index (χ0) is 13.3. The van der Waals surface area contributed by atoms with Crippen molar-refractivity contribution in [2.75, 3.05) is 49.6 Å². The van der Waals surface area contributed by atoms with Gasteiger partial charge in [0.15, 0.2) is 0 Å². The van der Waals surface area contributed by atoms with Gasteiger partial charge in [0.1, 0.15) is 0 Å². The molecular formula is C14H23N3S2. The van der Waals surface area contributed by atoms with E-state index in [1.807, 2.05) is 19.0 Å². The Kier molecular flexibility index (Phi) is 6.92. The van der Waals surface area contributed by atoms with Gasteiger partial charge >= 0.3 is 0 Å². The summed E-state index contributed by atoms with van der Waals surface area (Å²) < 4.78 is 5.63. The lowest BCUT2D eigenvalue weighted by atomic mass is 10.2. The Morgan fingerprint density at radius 3 is 2.47 bits per heavy atom. The second-order valence-electron chi connectivity index (χ2n) is 4.49. The number of rotatable bonds is 7. The van der Waals surface area contributed by atoms with Crippen molar-refractivity contribution in [3.63, 3.8) is 0 Å². The molecule has 0 spiro atoms. The molecule has 1 fully saturated rings. The van der Waals surface area contributed by atoms with Crippen molar-refractivity contribution in [3.8, 4) is 0 Å². The summed E-state index contributed by atoms with van der Waals surface area (Å²) in [4.78, 5) is 2.48. The van der Waals surface area contributed by atoms with Gasteiger partial charge in [-0.2, -0.15) is 0 Å². The third-order valence-corrected chi connectivity index (χ3v) is 5.15. The maximum Gasteiger partial charge on any atom is 0.0367 e. The van der Waals surface area contributed by atoms with E-state index < -0.39 is 0 Å². The molecule has 1 heterocycles. The van der Waals surface area contributed by atoms with Crippen LogP contribution < -0.4 is 9.62 Å². The number of hydrogen-bond acceptors (Lipinski definition) is 5. The molecule has 0 aromatic heterocycles. The third-order valence-electron chi connectivity index (χ3n) is 3.17. The Morgan fingerprint density at radius 1 is 1.05 bits per heavy atom. The predicted molar refractivity (Wildman–Crippen MR) is 88.8 cm³/mol. The van der Waals surface area contributed by atoms with Crippen molar-refractivity contribution >= 4 is 29.6 Å². The summed E-state index contributed by atoms with van der Waals surface area (Å²) in [5.41, 5.74) is 1.36. The number of hydrogen-bond donors (Lipinski definition) is 1. The number of nitrogens with zero attached hydrogens (tertiary/aromatic N) is 2. The predicted octanol–water partition coefficient (Wildman–Crippen LogP) is 2.71. The van der Waals surface area contributed by atoms with Crippen LogP contribution in [0.15, 0.2) is 30.3 Å². The minimum Gasteiger partial charge on any atom is -0.369 e. The Balaban J connectivity index is 1.63. The SMILES string of the molecule is CNSCCCSN1CCN(c2ccccc2)CC1. The minimum absolute atomic E-state index is 1.14. The van der Waals surface area contributed by atoms with Gasteiger partial charge in [0.05, 0.1) is 0 Å². The largest absolute Gasteiger partial charge is 0.369 e. The summed E-state index contributed by atoms with van der Waals surface area (Å²) in [5, 5.41) is 0. The van der Waals surface area contributed by atoms with Crippen molar-refractivity contribution in [1.82, 2.24) is 9.03 Å². The van der Waals surface area contributed by atoms with E-state index in [1.54, 1.807) is 11.9 Å². The van der Waals surface area contributed by atoms with Crippen LogP contribution in [0.25, 0.3) is 0 Å². The van der Waals surface area contributed by atoms with Gasteiger partial charge < -0.3 is 4.90 Å². The molecule has 1 saturated heterocycles. The third kappa shape index (κ3) is 5.26. The lowest BCUT2D eigenvalue weighted by Crippen LogP contribution is -2.43. The molecule has 0 amide bonds. The molecule has 1 aromatic rings. The summed E-state index contributed by atoms with van der Waals surface area (Å²) in [6.07, 6.45) is 1.27. The highest BCUT2D eigenvalue weighted by Crippen LogP contribution is 2.19. The summed E-state index contributed by atoms with van der Waals surface area (Å²) in [7, 11) is 1.99. The zero-order valence-electron chi connectivity index (χ0n) is 11.5. The molecule has 1 aliphatic rings. The number of anilines is 1. The van der Waals surface area contributed by atoms with Gasteiger partial charge in [-0.15, -0.1) is 0 Å². The quantitative estimate of drug-likeness (QED) is 0.614. The molecule has 0 atom stereocenters. The first-order chi connectivity index (χ1) is 9.40. The standard InChI is InChI=1S/C14H23N3S2/c1-15-18-12-5-13-19-17-10-8-16(9-11-17)14-6-3-2-4-7-14/h2-4,6-7,15H,5,8-13H2,1H3. The van der Waals surface area contributed by atoms with Crippen molar-refractivity contribution in [3.05, 3.63) is 30.3 Å². The minimum atomic E-state index is 1.14. The van der Waals surface area contributed by atoms with E-state index in [1.165, 1.54) is 36.7 Å². The van der Waals surface area contributed by atoms with Gasteiger partial charge in [-0.3, -0.25) is 4.72 Å². The van der Waals surface area contributed by atoms with Crippen LogP contribution in [0.4, 0.5) is 5.69 Å². The molecular weight excluding hydrogens is 274 g/mol. The number of nitrogens with one attached hydrogen (secondary N) is 1. The van der Waals surface area contributed by atoms with E-state index >= 15 is 0 Å². The molecule has 0 unspecified atom stereocenters. The molecule has 19 heavy (non-hydrogen) atoms. The van der Waals surface area contributed by atoms with Gasteiger partial charge in [-0.25, -0.2) is 4.31 Å². The first-order valence-electron chi connectivity index (χ1n) is 6.86. The fourth-order valence-electron chi connectivity index (χ4n) is 2.14. The average Bonchev–Trinajstić information content (AvgIpc) is 2.49. The fraction of sp³-hybridized carbons (Fsp3) is 0.571. The molecule has 106 valence electrons. The smallest absolute Gasteiger partial charge is 0.0367 e. The molecule has 1 aromatic carbocycles. The summed E-state index contributed by atoms with van der Waals surface area (Å²) in [6.45, 7) is 4.61. The van der Waals surface area contributed by atoms with E-state index in [2.05, 4.69) is 44.3 Å². The molecule has 0 radical (unpaired) electrons. The van der Waals surface area contributed by atoms with Crippen molar-refractivity contribution in [2.24, 2.45) is 0 Å². The highest BCUT2D eigenvalue weighted by molar-refractivity contribution is 7.98. The Bertz CT molecular complexity index is 340. The van der Waals surface area contributed by atoms with Gasteiger partial charge in [0.2, 0.25) is 0 Å². The van der Waals surface area contributed by atoms with Crippen LogP contribution in [0.5, 0.6) is 0 Å². The van der Waals surface area contributed by atoms with Gasteiger partial charge in [-0.1, -0.05) is 42.1 Å². The molecule has 5 heteroatoms. The van der Waals surface area contributed by atoms with E-state index in [-0.39, 0.29) is 0 Å². The molecule has 2 rings (SSSR count). The van der Waals surface area contributed by atoms with Crippen LogP contribution in [0.1, 0.15) is 6.42 Å². The Hall–Kier alpha value is -0.360. The average molecular weight is 297 g/mol. The summed E-state index contributed by atoms with van der Waals surface area (Å²) in [5.74, 6) is 2.44. The second-order valence-corrected chi connectivity index (χ2v) is 6.78. The van der Waals surface area contributed by atoms with Crippen molar-refractivity contribution in [2.45, 2.75) is 6.42 Å². The second kappa shape index (κ2) is 8.74. The normalized spacial score (nSPS) is 16.8. The topological polar surface area (TPSA) is 18.5 Å². The summed E-state index contributed by atoms with van der Waals surface area (Å²) >= 11 is 3.81. The van der Waals surface area contributed by atoms with Crippen LogP contribution in [0.2, 0.25) is 0 Å². The summed E-state index contributed by atoms with van der Waals surface area (Å²) in [6, 6.07) is 10.7. The number of piperazine rings is 1. The van der Waals surface area contributed by atoms with Gasteiger partial charge in [0, 0.05) is 43.4 Å². The molecule has 0 bridgehead atoms. The van der Waals surface area contributed by atoms with Crippen LogP contribution in [-0.2, 0) is 0 Å². The van der Waals surface area contributed by atoms with E-state index in [9.17, 15) is 0 Å². The van der Waals surface area contributed by atoms with Gasteiger partial charge in [0.25, 0.3) is 0 Å². The highest BCUT2D eigenvalue weighted by atomic mass is 32.2. The molecule has 1 N–H and O–H groups in total. The van der Waals surface area contributed by atoms with E-state index in [0.717, 1.165) is 13.1 Å². The molecule has 0 saturated carbocycles. The lowest BCUT2D eigenvalue weighted by molar-refractivity contribution is 0.429. The monoisotopic (exact) mass is 297 g/mol. The van der Waals surface area contributed by atoms with E-state index in [0.29, 0.717) is 0 Å². The lowest BCUT2D eigenvalue weighted by Gasteiger charge is -2.35. The number of para-hydroxylation sites is 1. The van der Waals surface area contributed by atoms with Crippen LogP contribution in [0, 0.1) is 0 Å². The fourth-order valence-corrected chi connectivity index (χ4v) is 3.77. The van der Waals surface area contributed by atoms with Crippen molar-refractivity contribution in [1.29, 1.82) is 0 Å². The van der Waals surface area contributed by atoms with Crippen LogP contribution in [-0.4, -0.2) is 49.0 Å². The first-order valence-corrected chi connectivity index (χ1v) is 8.79. The van der Waals surface area contributed by atoms with Gasteiger partial charge in [-0.05, 0) is 25.6 Å².